The first kappa shape index (κ1) is 70.7. The monoisotopic (exact) mass is 1360 g/mol. The summed E-state index contributed by atoms with van der Waals surface area (Å²) in [7, 11) is -32.4. The van der Waals surface area contributed by atoms with Gasteiger partial charge in [-0.3, -0.25) is 0 Å². The van der Waals surface area contributed by atoms with E-state index in [4.69, 9.17) is 49.4 Å². The van der Waals surface area contributed by atoms with Crippen LogP contribution in [0.15, 0.2) is 0 Å². The third-order valence-corrected chi connectivity index (χ3v) is 61.1. The van der Waals surface area contributed by atoms with Crippen molar-refractivity contribution in [3.63, 3.8) is 0 Å². The molecule has 6 saturated heterocycles. The number of hydrogen-bond acceptors (Lipinski definition) is 22. The third kappa shape index (κ3) is 23.6. The van der Waals surface area contributed by atoms with Crippen LogP contribution in [-0.4, -0.2) is 186 Å². The highest BCUT2D eigenvalue weighted by atomic mass is 32.2. The molecular weight excluding hydrogens is 1260 g/mol. The topological polar surface area (TPSA) is 151 Å². The molecule has 14 nitrogen and oxygen atoms in total. The summed E-state index contributed by atoms with van der Waals surface area (Å²) in [5.74, 6) is 13.5. The van der Waals surface area contributed by atoms with Gasteiger partial charge >= 0.3 is 70.4 Å². The molecule has 2 N–H and O–H groups in total. The summed E-state index contributed by atoms with van der Waals surface area (Å²) in [6.07, 6.45) is 14.8. The summed E-state index contributed by atoms with van der Waals surface area (Å²) < 4.78 is 97.8. The quantitative estimate of drug-likeness (QED) is 0.0439. The second-order valence-electron chi connectivity index (χ2n) is 19.9. The maximum Gasteiger partial charge on any atom is 0.479 e. The van der Waals surface area contributed by atoms with Gasteiger partial charge in [-0.1, -0.05) is 80.1 Å². The fourth-order valence-electron chi connectivity index (χ4n) is 8.77. The SMILES string of the molecule is CCCCSCC[Si]12O[Si]3(CCSCCCC)O[Si]4(CCSCCCC)O[Si](CCSCCCC)(O1)O[Si]1(CCSCCCO)O[Si](CCSCCCC)(O2)O[Si](CCSCCCC)(O3)O[Si](CCSCCCO)(O4)O1. The molecule has 0 radical (unpaired) electrons. The van der Waals surface area contributed by atoms with Crippen LogP contribution in [0.4, 0.5) is 0 Å². The normalized spacial score (nSPS) is 31.9. The van der Waals surface area contributed by atoms with Gasteiger partial charge in [0.2, 0.25) is 0 Å². The van der Waals surface area contributed by atoms with E-state index in [1.54, 1.807) is 23.5 Å². The first-order valence-corrected chi connectivity index (χ1v) is 53.9. The number of unbranched alkanes of at least 4 members (excludes halogenated alkanes) is 6. The predicted octanol–water partition coefficient (Wildman–Crippen LogP) is 13.2. The van der Waals surface area contributed by atoms with Crippen LogP contribution in [0, 0.1) is 0 Å². The summed E-state index contributed by atoms with van der Waals surface area (Å²) in [6.45, 7) is 13.7. The average Bonchev–Trinajstić information content (AvgIpc) is 3.36. The highest BCUT2D eigenvalue weighted by molar-refractivity contribution is 8.00. The summed E-state index contributed by atoms with van der Waals surface area (Å²) in [5.41, 5.74) is 0. The van der Waals surface area contributed by atoms with E-state index in [0.29, 0.717) is 72.7 Å². The van der Waals surface area contributed by atoms with E-state index in [0.717, 1.165) is 158 Å². The Balaban J connectivity index is 1.85. The molecule has 6 heterocycles. The largest absolute Gasteiger partial charge is 0.479 e. The fraction of sp³-hybridized carbons (Fsp3) is 1.00. The summed E-state index contributed by atoms with van der Waals surface area (Å²) in [5, 5.41) is 19.8. The molecule has 76 heavy (non-hydrogen) atoms. The van der Waals surface area contributed by atoms with Crippen molar-refractivity contribution in [3.8, 4) is 0 Å². The molecule has 0 spiro atoms. The second-order valence-corrected chi connectivity index (χ2v) is 54.4. The first-order valence-electron chi connectivity index (χ1n) is 29.2. The molecule has 30 heteroatoms. The van der Waals surface area contributed by atoms with Crippen molar-refractivity contribution in [2.45, 2.75) is 180 Å². The highest BCUT2D eigenvalue weighted by Crippen LogP contribution is 2.54. The molecule has 6 rings (SSSR count). The van der Waals surface area contributed by atoms with Gasteiger partial charge in [0.15, 0.2) is 0 Å². The Morgan fingerprint density at radius 1 is 0.211 bits per heavy atom. The molecule has 6 fully saturated rings. The molecule has 8 bridgehead atoms. The van der Waals surface area contributed by atoms with Gasteiger partial charge in [-0.05, 0) is 143 Å². The Morgan fingerprint density at radius 2 is 0.342 bits per heavy atom. The van der Waals surface area contributed by atoms with E-state index in [1.165, 1.54) is 0 Å². The molecule has 0 aliphatic carbocycles. The Hall–Kier alpha value is 3.98. The van der Waals surface area contributed by atoms with Crippen LogP contribution >= 0.6 is 94.1 Å². The summed E-state index contributed by atoms with van der Waals surface area (Å²) in [6, 6.07) is 3.92. The van der Waals surface area contributed by atoms with Crippen LogP contribution in [-0.2, 0) is 49.4 Å². The molecule has 6 aliphatic rings. The molecule has 4 unspecified atom stereocenters. The van der Waals surface area contributed by atoms with E-state index >= 15 is 0 Å². The minimum absolute atomic E-state index is 0.129. The molecular formula is C46H100O14S8Si8. The van der Waals surface area contributed by atoms with Gasteiger partial charge in [0.1, 0.15) is 0 Å². The van der Waals surface area contributed by atoms with Crippen LogP contribution < -0.4 is 0 Å². The van der Waals surface area contributed by atoms with Gasteiger partial charge in [-0.2, -0.15) is 94.1 Å². The molecule has 448 valence electrons. The maximum atomic E-state index is 9.90. The maximum absolute atomic E-state index is 9.90. The van der Waals surface area contributed by atoms with Gasteiger partial charge in [0, 0.05) is 61.6 Å². The van der Waals surface area contributed by atoms with Crippen molar-refractivity contribution < 1.29 is 59.6 Å². The van der Waals surface area contributed by atoms with Gasteiger partial charge in [-0.15, -0.1) is 0 Å². The van der Waals surface area contributed by atoms with Crippen molar-refractivity contribution >= 4 is 165 Å². The number of rotatable bonds is 48. The zero-order chi connectivity index (χ0) is 54.4. The Morgan fingerprint density at radius 3 is 0.461 bits per heavy atom. The average molecular weight is 1360 g/mol. The van der Waals surface area contributed by atoms with Crippen LogP contribution in [0.25, 0.3) is 0 Å². The number of hydrogen-bond donors (Lipinski definition) is 2. The molecule has 0 aromatic heterocycles. The Kier molecular flexibility index (Phi) is 35.6. The standard InChI is InChI=1S/C46H100O14S8Si8/c1-7-13-23-61-31-39-69-49-70(40-32-62-24-14-8-2)52-73(43-35-65-27-17-11-5)54-71(50-69,41-33-63-25-15-9-3)56-75(45-37-67-29-19-21-47)57-72(51-69,42-34-64-26-16-10-4)55-74(53-70,44-36-66-28-18-12-6)59-76(58-73,60-75)46-38-68-30-20-22-48/h47-48H,7-46H2,1-6H3. The van der Waals surface area contributed by atoms with E-state index < -0.39 is 70.4 Å². The number of aliphatic hydroxyl groups excluding tert-OH is 2. The lowest BCUT2D eigenvalue weighted by atomic mass is 10.4. The van der Waals surface area contributed by atoms with E-state index in [1.807, 2.05) is 70.6 Å². The molecule has 0 saturated carbocycles. The molecule has 0 aromatic carbocycles. The van der Waals surface area contributed by atoms with Crippen molar-refractivity contribution in [3.05, 3.63) is 0 Å². The van der Waals surface area contributed by atoms with E-state index in [2.05, 4.69) is 41.5 Å². The smallest absolute Gasteiger partial charge is 0.396 e. The van der Waals surface area contributed by atoms with Crippen LogP contribution in [0.5, 0.6) is 0 Å². The molecule has 0 aromatic rings. The Bertz CT molecular complexity index is 1170. The number of aliphatic hydroxyl groups is 2. The van der Waals surface area contributed by atoms with Crippen molar-refractivity contribution in [1.29, 1.82) is 0 Å². The van der Waals surface area contributed by atoms with Crippen LogP contribution in [0.2, 0.25) is 48.4 Å². The molecule has 4 atom stereocenters. The summed E-state index contributed by atoms with van der Waals surface area (Å²) >= 11 is 15.1. The zero-order valence-corrected chi connectivity index (χ0v) is 61.9. The lowest BCUT2D eigenvalue weighted by Crippen LogP contribution is -2.88. The fourth-order valence-corrected chi connectivity index (χ4v) is 72.2. The zero-order valence-electron chi connectivity index (χ0n) is 47.3. The molecule has 6 aliphatic heterocycles. The van der Waals surface area contributed by atoms with Gasteiger partial charge in [0.25, 0.3) is 0 Å². The minimum Gasteiger partial charge on any atom is -0.396 e. The predicted molar refractivity (Wildman–Crippen MR) is 349 cm³/mol. The third-order valence-electron chi connectivity index (χ3n) is 12.9. The van der Waals surface area contributed by atoms with E-state index in [9.17, 15) is 10.2 Å². The molecule has 0 amide bonds. The summed E-state index contributed by atoms with van der Waals surface area (Å²) in [4.78, 5) is 0. The van der Waals surface area contributed by atoms with Gasteiger partial charge in [0.05, 0.1) is 0 Å². The van der Waals surface area contributed by atoms with Crippen LogP contribution in [0.1, 0.15) is 131 Å². The first-order chi connectivity index (χ1) is 37.0. The van der Waals surface area contributed by atoms with Crippen LogP contribution in [0.3, 0.4) is 0 Å². The lowest BCUT2D eigenvalue weighted by molar-refractivity contribution is -0.0279. The lowest BCUT2D eigenvalue weighted by Gasteiger charge is -2.63. The van der Waals surface area contributed by atoms with Gasteiger partial charge < -0.3 is 59.6 Å². The Labute approximate surface area is 504 Å². The van der Waals surface area contributed by atoms with Crippen molar-refractivity contribution in [1.82, 2.24) is 0 Å². The highest BCUT2D eigenvalue weighted by Gasteiger charge is 2.83. The van der Waals surface area contributed by atoms with Crippen molar-refractivity contribution in [2.24, 2.45) is 0 Å². The minimum atomic E-state index is -4.08. The van der Waals surface area contributed by atoms with Gasteiger partial charge in [-0.25, -0.2) is 0 Å². The van der Waals surface area contributed by atoms with E-state index in [-0.39, 0.29) is 13.2 Å². The second kappa shape index (κ2) is 38.3. The number of thioether (sulfide) groups is 8. The van der Waals surface area contributed by atoms with Crippen molar-refractivity contribution in [2.75, 3.05) is 105 Å².